The first-order chi connectivity index (χ1) is 7.70. The predicted octanol–water partition coefficient (Wildman–Crippen LogP) is 2.17. The SMILES string of the molecule is O=[PH](O)c1ccccc1.Oc1ccccc1. The van der Waals surface area contributed by atoms with E-state index >= 15 is 0 Å². The van der Waals surface area contributed by atoms with Gasteiger partial charge in [0.05, 0.1) is 0 Å². The molecule has 0 amide bonds. The Kier molecular flexibility index (Phi) is 5.34. The van der Waals surface area contributed by atoms with Gasteiger partial charge in [0.15, 0.2) is 0 Å². The van der Waals surface area contributed by atoms with Crippen LogP contribution in [0.1, 0.15) is 0 Å². The van der Waals surface area contributed by atoms with Crippen LogP contribution in [0, 0.1) is 0 Å². The van der Waals surface area contributed by atoms with Gasteiger partial charge in [-0.3, -0.25) is 4.57 Å². The van der Waals surface area contributed by atoms with E-state index in [1.165, 1.54) is 0 Å². The second-order valence-electron chi connectivity index (χ2n) is 3.01. The van der Waals surface area contributed by atoms with Crippen molar-refractivity contribution in [2.45, 2.75) is 0 Å². The molecule has 84 valence electrons. The second kappa shape index (κ2) is 6.83. The number of benzene rings is 2. The van der Waals surface area contributed by atoms with E-state index in [4.69, 9.17) is 10.00 Å². The van der Waals surface area contributed by atoms with Crippen LogP contribution in [0.15, 0.2) is 60.7 Å². The lowest BCUT2D eigenvalue weighted by atomic mass is 10.3. The van der Waals surface area contributed by atoms with Crippen LogP contribution in [0.25, 0.3) is 0 Å². The molecular weight excluding hydrogens is 223 g/mol. The molecule has 0 aliphatic heterocycles. The molecule has 0 aliphatic rings. The van der Waals surface area contributed by atoms with Crippen molar-refractivity contribution in [2.24, 2.45) is 0 Å². The third-order valence-corrected chi connectivity index (χ3v) is 2.60. The van der Waals surface area contributed by atoms with Crippen LogP contribution in [-0.2, 0) is 4.57 Å². The first-order valence-corrected chi connectivity index (χ1v) is 6.08. The molecule has 0 saturated heterocycles. The van der Waals surface area contributed by atoms with Gasteiger partial charge in [0, 0.05) is 5.30 Å². The molecule has 0 aromatic heterocycles. The van der Waals surface area contributed by atoms with Crippen molar-refractivity contribution in [3.05, 3.63) is 60.7 Å². The maximum Gasteiger partial charge on any atom is 0.218 e. The summed E-state index contributed by atoms with van der Waals surface area (Å²) in [7, 11) is -2.46. The highest BCUT2D eigenvalue weighted by Crippen LogP contribution is 2.10. The average Bonchev–Trinajstić information content (AvgIpc) is 2.32. The minimum atomic E-state index is -2.46. The molecule has 0 radical (unpaired) electrons. The summed E-state index contributed by atoms with van der Waals surface area (Å²) in [4.78, 5) is 8.57. The van der Waals surface area contributed by atoms with Gasteiger partial charge in [0.25, 0.3) is 0 Å². The van der Waals surface area contributed by atoms with Crippen molar-refractivity contribution in [1.82, 2.24) is 0 Å². The Morgan fingerprint density at radius 2 is 1.25 bits per heavy atom. The van der Waals surface area contributed by atoms with Crippen LogP contribution in [-0.4, -0.2) is 10.00 Å². The molecule has 1 atom stereocenters. The molecule has 1 unspecified atom stereocenters. The molecule has 4 heteroatoms. The molecule has 0 heterocycles. The Bertz CT molecular complexity index is 429. The van der Waals surface area contributed by atoms with Gasteiger partial charge in [-0.15, -0.1) is 0 Å². The summed E-state index contributed by atoms with van der Waals surface area (Å²) in [5, 5.41) is 9.15. The molecule has 3 nitrogen and oxygen atoms in total. The van der Waals surface area contributed by atoms with Crippen LogP contribution < -0.4 is 5.30 Å². The third-order valence-electron chi connectivity index (χ3n) is 1.78. The fraction of sp³-hybridized carbons (Fsp3) is 0. The second-order valence-corrected chi connectivity index (χ2v) is 4.19. The smallest absolute Gasteiger partial charge is 0.218 e. The number of para-hydroxylation sites is 1. The number of hydrogen-bond acceptors (Lipinski definition) is 2. The van der Waals surface area contributed by atoms with Crippen LogP contribution in [0.3, 0.4) is 0 Å². The summed E-state index contributed by atoms with van der Waals surface area (Å²) in [5.74, 6) is 0.322. The molecule has 0 bridgehead atoms. The highest BCUT2D eigenvalue weighted by molar-refractivity contribution is 7.47. The zero-order valence-electron chi connectivity index (χ0n) is 8.58. The Balaban J connectivity index is 0.000000165. The van der Waals surface area contributed by atoms with Gasteiger partial charge in [-0.1, -0.05) is 36.4 Å². The van der Waals surface area contributed by atoms with Crippen molar-refractivity contribution < 1.29 is 14.6 Å². The van der Waals surface area contributed by atoms with E-state index in [9.17, 15) is 4.57 Å². The van der Waals surface area contributed by atoms with Gasteiger partial charge in [0.2, 0.25) is 8.03 Å². The summed E-state index contributed by atoms with van der Waals surface area (Å²) in [6.45, 7) is 0. The van der Waals surface area contributed by atoms with Crippen molar-refractivity contribution >= 4 is 13.3 Å². The molecule has 0 fully saturated rings. The molecule has 0 saturated carbocycles. The topological polar surface area (TPSA) is 57.5 Å². The van der Waals surface area contributed by atoms with Crippen molar-refractivity contribution in [2.75, 3.05) is 0 Å². The summed E-state index contributed by atoms with van der Waals surface area (Å²) in [5.41, 5.74) is 0. The van der Waals surface area contributed by atoms with Gasteiger partial charge < -0.3 is 10.00 Å². The number of aromatic hydroxyl groups is 1. The molecule has 2 aromatic carbocycles. The number of rotatable bonds is 1. The minimum Gasteiger partial charge on any atom is -0.508 e. The Morgan fingerprint density at radius 3 is 1.50 bits per heavy atom. The van der Waals surface area contributed by atoms with Crippen LogP contribution in [0.4, 0.5) is 0 Å². The molecule has 2 aromatic rings. The zero-order chi connectivity index (χ0) is 11.8. The predicted molar refractivity (Wildman–Crippen MR) is 65.4 cm³/mol. The fourth-order valence-electron chi connectivity index (χ4n) is 1.01. The van der Waals surface area contributed by atoms with E-state index < -0.39 is 8.03 Å². The fourth-order valence-corrected chi connectivity index (χ4v) is 1.49. The largest absolute Gasteiger partial charge is 0.508 e. The van der Waals surface area contributed by atoms with Crippen LogP contribution in [0.5, 0.6) is 5.75 Å². The Labute approximate surface area is 94.9 Å². The zero-order valence-corrected chi connectivity index (χ0v) is 9.58. The number of phenolic OH excluding ortho intramolecular Hbond substituents is 1. The maximum absolute atomic E-state index is 10.4. The van der Waals surface area contributed by atoms with Crippen molar-refractivity contribution in [3.63, 3.8) is 0 Å². The Morgan fingerprint density at radius 1 is 0.812 bits per heavy atom. The van der Waals surface area contributed by atoms with E-state index in [-0.39, 0.29) is 0 Å². The first-order valence-electron chi connectivity index (χ1n) is 4.72. The molecule has 16 heavy (non-hydrogen) atoms. The quantitative estimate of drug-likeness (QED) is 0.746. The van der Waals surface area contributed by atoms with Crippen molar-refractivity contribution in [3.8, 4) is 5.75 Å². The lowest BCUT2D eigenvalue weighted by molar-refractivity contribution is 0.475. The van der Waals surface area contributed by atoms with Gasteiger partial charge in [-0.25, -0.2) is 0 Å². The third kappa shape index (κ3) is 4.78. The van der Waals surface area contributed by atoms with E-state index in [2.05, 4.69) is 0 Å². The van der Waals surface area contributed by atoms with Crippen LogP contribution in [0.2, 0.25) is 0 Å². The molecular formula is C12H13O3P. The molecule has 0 aliphatic carbocycles. The van der Waals surface area contributed by atoms with E-state index in [0.717, 1.165) is 0 Å². The highest BCUT2D eigenvalue weighted by Gasteiger charge is 1.92. The van der Waals surface area contributed by atoms with Gasteiger partial charge in [-0.05, 0) is 24.3 Å². The normalized spacial score (nSPS) is 11.1. The van der Waals surface area contributed by atoms with Crippen LogP contribution >= 0.6 is 8.03 Å². The van der Waals surface area contributed by atoms with Crippen molar-refractivity contribution in [1.29, 1.82) is 0 Å². The first kappa shape index (κ1) is 12.5. The summed E-state index contributed by atoms with van der Waals surface area (Å²) >= 11 is 0. The lowest BCUT2D eigenvalue weighted by Crippen LogP contribution is -1.91. The monoisotopic (exact) mass is 236 g/mol. The maximum atomic E-state index is 10.4. The Hall–Kier alpha value is -1.57. The van der Waals surface area contributed by atoms with Gasteiger partial charge in [0.1, 0.15) is 5.75 Å². The van der Waals surface area contributed by atoms with Gasteiger partial charge >= 0.3 is 0 Å². The summed E-state index contributed by atoms with van der Waals surface area (Å²) < 4.78 is 10.4. The van der Waals surface area contributed by atoms with Gasteiger partial charge in [-0.2, -0.15) is 0 Å². The van der Waals surface area contributed by atoms with E-state index in [1.807, 2.05) is 12.1 Å². The summed E-state index contributed by atoms with van der Waals surface area (Å²) in [6.07, 6.45) is 0. The standard InChI is InChI=1S/C6H7O2P.C6H6O/c7-9(8)6-4-2-1-3-5-6;7-6-4-2-1-3-5-6/h1-5,9H,(H,7,8);1-5,7H. The molecule has 2 rings (SSSR count). The summed E-state index contributed by atoms with van der Waals surface area (Å²) in [6, 6.07) is 17.3. The number of hydrogen-bond donors (Lipinski definition) is 2. The number of phenols is 1. The highest BCUT2D eigenvalue weighted by atomic mass is 31.1. The van der Waals surface area contributed by atoms with E-state index in [1.54, 1.807) is 48.5 Å². The minimum absolute atomic E-state index is 0.322. The average molecular weight is 236 g/mol. The molecule has 0 spiro atoms. The van der Waals surface area contributed by atoms with E-state index in [0.29, 0.717) is 11.1 Å². The lowest BCUT2D eigenvalue weighted by Gasteiger charge is -1.90. The molecule has 2 N–H and O–H groups in total.